The fraction of sp³-hybridized carbons (Fsp3) is 0.458. The van der Waals surface area contributed by atoms with Crippen LogP contribution in [0.15, 0.2) is 47.4 Å². The van der Waals surface area contributed by atoms with Crippen molar-refractivity contribution in [3.8, 4) is 0 Å². The Bertz CT molecular complexity index is 997. The number of likely N-dealkylation sites (tertiary alicyclic amines) is 1. The highest BCUT2D eigenvalue weighted by atomic mass is 32.2. The Labute approximate surface area is 186 Å². The highest BCUT2D eigenvalue weighted by molar-refractivity contribution is 7.92. The van der Waals surface area contributed by atoms with Crippen molar-refractivity contribution in [1.82, 2.24) is 10.2 Å². The summed E-state index contributed by atoms with van der Waals surface area (Å²) in [6, 6.07) is 12.0. The fourth-order valence-corrected chi connectivity index (χ4v) is 5.29. The molecule has 1 aliphatic heterocycles. The number of para-hydroxylation sites is 1. The Balaban J connectivity index is 1.61. The van der Waals surface area contributed by atoms with Gasteiger partial charge in [0.2, 0.25) is 0 Å². The van der Waals surface area contributed by atoms with E-state index in [1.54, 1.807) is 31.2 Å². The Kier molecular flexibility index (Phi) is 8.09. The quantitative estimate of drug-likeness (QED) is 0.602. The second-order valence-electron chi connectivity index (χ2n) is 8.27. The first-order valence-electron chi connectivity index (χ1n) is 11.1. The van der Waals surface area contributed by atoms with Gasteiger partial charge < -0.3 is 10.2 Å². The van der Waals surface area contributed by atoms with Crippen LogP contribution in [0.5, 0.6) is 0 Å². The first kappa shape index (κ1) is 23.3. The number of hydrogen-bond acceptors (Lipinski definition) is 4. The number of nitrogens with zero attached hydrogens (tertiary/aromatic N) is 1. The maximum absolute atomic E-state index is 13.0. The summed E-state index contributed by atoms with van der Waals surface area (Å²) in [5, 5.41) is 2.93. The van der Waals surface area contributed by atoms with E-state index in [1.165, 1.54) is 31.7 Å². The highest BCUT2D eigenvalue weighted by Crippen LogP contribution is 2.22. The second-order valence-corrected chi connectivity index (χ2v) is 9.92. The number of rotatable bonds is 8. The molecule has 0 aliphatic carbocycles. The van der Waals surface area contributed by atoms with Crippen LogP contribution in [-0.4, -0.2) is 45.4 Å². The van der Waals surface area contributed by atoms with Crippen molar-refractivity contribution in [3.63, 3.8) is 0 Å². The first-order valence-corrected chi connectivity index (χ1v) is 12.5. The van der Waals surface area contributed by atoms with Crippen LogP contribution in [-0.2, 0) is 10.0 Å². The van der Waals surface area contributed by atoms with Gasteiger partial charge in [-0.15, -0.1) is 0 Å². The number of carbonyl (C=O) groups excluding carboxylic acids is 1. The van der Waals surface area contributed by atoms with Gasteiger partial charge in [0, 0.05) is 12.1 Å². The van der Waals surface area contributed by atoms with Crippen LogP contribution in [0.3, 0.4) is 0 Å². The summed E-state index contributed by atoms with van der Waals surface area (Å²) >= 11 is 0. The van der Waals surface area contributed by atoms with Crippen molar-refractivity contribution in [1.29, 1.82) is 0 Å². The summed E-state index contributed by atoms with van der Waals surface area (Å²) < 4.78 is 28.6. The van der Waals surface area contributed by atoms with Crippen molar-refractivity contribution >= 4 is 21.6 Å². The molecule has 168 valence electrons. The van der Waals surface area contributed by atoms with Gasteiger partial charge in [-0.05, 0) is 82.1 Å². The molecule has 0 aromatic heterocycles. The minimum Gasteiger partial charge on any atom is -0.352 e. The van der Waals surface area contributed by atoms with E-state index >= 15 is 0 Å². The minimum atomic E-state index is -3.80. The topological polar surface area (TPSA) is 78.5 Å². The summed E-state index contributed by atoms with van der Waals surface area (Å²) in [5.41, 5.74) is 2.32. The average molecular weight is 444 g/mol. The lowest BCUT2D eigenvalue weighted by Gasteiger charge is -2.19. The van der Waals surface area contributed by atoms with E-state index in [1.807, 2.05) is 19.1 Å². The zero-order valence-electron chi connectivity index (χ0n) is 18.5. The molecule has 0 saturated carbocycles. The molecule has 1 aliphatic rings. The SMILES string of the molecule is Cc1ccccc1NS(=O)(=O)c1cc(C(=O)NCCCN2CCCCCC2)ccc1C. The van der Waals surface area contributed by atoms with E-state index in [4.69, 9.17) is 0 Å². The lowest BCUT2D eigenvalue weighted by atomic mass is 10.1. The molecule has 1 amide bonds. The molecular formula is C24H33N3O3S. The normalized spacial score (nSPS) is 15.3. The molecule has 2 aromatic rings. The summed E-state index contributed by atoms with van der Waals surface area (Å²) in [4.78, 5) is 15.2. The Morgan fingerprint density at radius 1 is 0.968 bits per heavy atom. The van der Waals surface area contributed by atoms with E-state index < -0.39 is 10.0 Å². The van der Waals surface area contributed by atoms with Crippen molar-refractivity contribution in [3.05, 3.63) is 59.2 Å². The number of amides is 1. The molecule has 1 heterocycles. The van der Waals surface area contributed by atoms with Gasteiger partial charge in [-0.3, -0.25) is 9.52 Å². The Morgan fingerprint density at radius 3 is 2.39 bits per heavy atom. The highest BCUT2D eigenvalue weighted by Gasteiger charge is 2.20. The summed E-state index contributed by atoms with van der Waals surface area (Å²) in [7, 11) is -3.80. The lowest BCUT2D eigenvalue weighted by molar-refractivity contribution is 0.0951. The third kappa shape index (κ3) is 6.55. The molecule has 1 saturated heterocycles. The van der Waals surface area contributed by atoms with Crippen LogP contribution < -0.4 is 10.0 Å². The fourth-order valence-electron chi connectivity index (χ4n) is 3.88. The second kappa shape index (κ2) is 10.8. The van der Waals surface area contributed by atoms with Crippen molar-refractivity contribution in [2.75, 3.05) is 30.9 Å². The molecule has 2 aromatic carbocycles. The maximum Gasteiger partial charge on any atom is 0.262 e. The number of hydrogen-bond donors (Lipinski definition) is 2. The Morgan fingerprint density at radius 2 is 1.68 bits per heavy atom. The van der Waals surface area contributed by atoms with Gasteiger partial charge in [0.1, 0.15) is 0 Å². The molecule has 0 atom stereocenters. The first-order chi connectivity index (χ1) is 14.9. The monoisotopic (exact) mass is 443 g/mol. The summed E-state index contributed by atoms with van der Waals surface area (Å²) in [5.74, 6) is -0.247. The largest absolute Gasteiger partial charge is 0.352 e. The van der Waals surface area contributed by atoms with Crippen LogP contribution in [0.2, 0.25) is 0 Å². The number of carbonyl (C=O) groups is 1. The molecule has 31 heavy (non-hydrogen) atoms. The molecular weight excluding hydrogens is 410 g/mol. The average Bonchev–Trinajstić information content (AvgIpc) is 3.01. The molecule has 1 fully saturated rings. The third-order valence-corrected chi connectivity index (χ3v) is 7.27. The predicted molar refractivity (Wildman–Crippen MR) is 125 cm³/mol. The van der Waals surface area contributed by atoms with Crippen LogP contribution >= 0.6 is 0 Å². The van der Waals surface area contributed by atoms with E-state index in [9.17, 15) is 13.2 Å². The van der Waals surface area contributed by atoms with Gasteiger partial charge in [0.15, 0.2) is 0 Å². The van der Waals surface area contributed by atoms with Gasteiger partial charge >= 0.3 is 0 Å². The van der Waals surface area contributed by atoms with Crippen molar-refractivity contribution < 1.29 is 13.2 Å². The minimum absolute atomic E-state index is 0.118. The zero-order chi connectivity index (χ0) is 22.3. The van der Waals surface area contributed by atoms with Gasteiger partial charge in [0.25, 0.3) is 15.9 Å². The van der Waals surface area contributed by atoms with E-state index in [-0.39, 0.29) is 10.8 Å². The number of aryl methyl sites for hydroxylation is 2. The molecule has 3 rings (SSSR count). The number of anilines is 1. The van der Waals surface area contributed by atoms with Gasteiger partial charge in [-0.2, -0.15) is 0 Å². The zero-order valence-corrected chi connectivity index (χ0v) is 19.3. The number of benzene rings is 2. The molecule has 0 bridgehead atoms. The molecule has 0 spiro atoms. The summed E-state index contributed by atoms with van der Waals surface area (Å²) in [6.45, 7) is 7.42. The van der Waals surface area contributed by atoms with Crippen LogP contribution in [0, 0.1) is 13.8 Å². The van der Waals surface area contributed by atoms with Crippen LogP contribution in [0.1, 0.15) is 53.6 Å². The van der Waals surface area contributed by atoms with Crippen molar-refractivity contribution in [2.24, 2.45) is 0 Å². The van der Waals surface area contributed by atoms with E-state index in [2.05, 4.69) is 14.9 Å². The van der Waals surface area contributed by atoms with E-state index in [0.717, 1.165) is 31.6 Å². The van der Waals surface area contributed by atoms with Gasteiger partial charge in [0.05, 0.1) is 10.6 Å². The number of sulfonamides is 1. The molecule has 7 heteroatoms. The van der Waals surface area contributed by atoms with Crippen molar-refractivity contribution in [2.45, 2.75) is 50.8 Å². The molecule has 0 radical (unpaired) electrons. The predicted octanol–water partition coefficient (Wildman–Crippen LogP) is 4.10. The molecule has 0 unspecified atom stereocenters. The smallest absolute Gasteiger partial charge is 0.262 e. The lowest BCUT2D eigenvalue weighted by Crippen LogP contribution is -2.30. The third-order valence-electron chi connectivity index (χ3n) is 5.76. The number of nitrogens with one attached hydrogen (secondary N) is 2. The van der Waals surface area contributed by atoms with E-state index in [0.29, 0.717) is 23.4 Å². The van der Waals surface area contributed by atoms with Crippen LogP contribution in [0.25, 0.3) is 0 Å². The maximum atomic E-state index is 13.0. The standard InChI is InChI=1S/C24H33N3O3S/c1-19-10-5-6-11-22(19)26-31(29,30)23-18-21(13-12-20(23)2)24(28)25-14-9-17-27-15-7-3-4-8-16-27/h5-6,10-13,18,26H,3-4,7-9,14-17H2,1-2H3,(H,25,28). The Hall–Kier alpha value is -2.38. The van der Waals surface area contributed by atoms with Crippen LogP contribution in [0.4, 0.5) is 5.69 Å². The summed E-state index contributed by atoms with van der Waals surface area (Å²) in [6.07, 6.45) is 6.01. The molecule has 6 nitrogen and oxygen atoms in total. The van der Waals surface area contributed by atoms with Gasteiger partial charge in [-0.25, -0.2) is 8.42 Å². The van der Waals surface area contributed by atoms with Gasteiger partial charge in [-0.1, -0.05) is 37.1 Å². The molecule has 2 N–H and O–H groups in total.